The summed E-state index contributed by atoms with van der Waals surface area (Å²) >= 11 is 0. The van der Waals surface area contributed by atoms with Gasteiger partial charge in [0.1, 0.15) is 0 Å². The fourth-order valence-electron chi connectivity index (χ4n) is 0. The topological polar surface area (TPSA) is 170 Å². The summed E-state index contributed by atoms with van der Waals surface area (Å²) in [7, 11) is 0. The average molecular weight is 161 g/mol. The van der Waals surface area contributed by atoms with Crippen molar-refractivity contribution < 1.29 is 16.4 Å². The van der Waals surface area contributed by atoms with Crippen molar-refractivity contribution >= 4 is 76.2 Å². The molecule has 0 aliphatic rings. The maximum atomic E-state index is 6.06. The van der Waals surface area contributed by atoms with Crippen LogP contribution >= 0.6 is 0 Å². The molecule has 0 aromatic carbocycles. The van der Waals surface area contributed by atoms with Gasteiger partial charge >= 0.3 is 70.2 Å². The molecule has 0 rings (SSSR count). The Hall–Kier alpha value is 1.38. The second-order valence-corrected chi connectivity index (χ2v) is 0.455. The molecule has 0 aromatic rings. The van der Waals surface area contributed by atoms with Gasteiger partial charge in [-0.1, -0.05) is 0 Å². The van der Waals surface area contributed by atoms with Gasteiger partial charge in [-0.3, -0.25) is 5.41 Å². The summed E-state index contributed by atoms with van der Waals surface area (Å²) in [5, 5.41) is 6.06. The van der Waals surface area contributed by atoms with E-state index in [-0.39, 0.29) is 92.6 Å². The quantitative estimate of drug-likeness (QED) is 0.184. The molecule has 0 aromatic heterocycles. The average Bonchev–Trinajstić information content (AvgIpc) is 0.811. The number of guanidine groups is 1. The fourth-order valence-corrected chi connectivity index (χ4v) is 0. The van der Waals surface area contributed by atoms with Crippen molar-refractivity contribution in [3.05, 3.63) is 0 Å². The molecule has 0 saturated carbocycles. The van der Waals surface area contributed by atoms with E-state index in [9.17, 15) is 0 Å². The zero-order valence-electron chi connectivity index (χ0n) is 3.65. The van der Waals surface area contributed by atoms with Crippen molar-refractivity contribution in [2.75, 3.05) is 0 Å². The first-order valence-corrected chi connectivity index (χ1v) is 0.827. The standard InChI is InChI=1S/CH5N3.K.Li.3H2O.2H/c2-1(3)4;;;;;;;/h(H5,2,3,4);;;3*1H2;;. The van der Waals surface area contributed by atoms with Gasteiger partial charge in [0.2, 0.25) is 0 Å². The van der Waals surface area contributed by atoms with E-state index in [1.54, 1.807) is 0 Å². The molecule has 8 heteroatoms. The summed E-state index contributed by atoms with van der Waals surface area (Å²) in [6, 6.07) is 0. The third kappa shape index (κ3) is 267. The third-order valence-electron chi connectivity index (χ3n) is 0. The summed E-state index contributed by atoms with van der Waals surface area (Å²) in [5.74, 6) is -0.333. The Morgan fingerprint density at radius 2 is 1.00 bits per heavy atom. The van der Waals surface area contributed by atoms with Gasteiger partial charge in [0.15, 0.2) is 5.96 Å². The van der Waals surface area contributed by atoms with E-state index in [2.05, 4.69) is 11.5 Å². The van der Waals surface area contributed by atoms with Crippen LogP contribution in [0.25, 0.3) is 0 Å². The van der Waals surface area contributed by atoms with Crippen molar-refractivity contribution in [3.63, 3.8) is 0 Å². The zero-order valence-corrected chi connectivity index (χ0v) is 3.65. The van der Waals surface area contributed by atoms with Gasteiger partial charge in [0.25, 0.3) is 0 Å². The Kier molecular flexibility index (Phi) is 181. The predicted molar refractivity (Wildman–Crippen MR) is 41.2 cm³/mol. The second-order valence-electron chi connectivity index (χ2n) is 0.455. The molecule has 0 aliphatic heterocycles. The van der Waals surface area contributed by atoms with Crippen LogP contribution in [0.4, 0.5) is 0 Å². The second kappa shape index (κ2) is 34.3. The molecule has 0 unspecified atom stereocenters. The van der Waals surface area contributed by atoms with E-state index in [0.717, 1.165) is 0 Å². The maximum absolute atomic E-state index is 6.06. The molecule has 52 valence electrons. The van der Waals surface area contributed by atoms with Crippen molar-refractivity contribution in [2.24, 2.45) is 11.5 Å². The van der Waals surface area contributed by atoms with Crippen LogP contribution in [0, 0.1) is 5.41 Å². The number of nitrogens with one attached hydrogen (secondary N) is 1. The van der Waals surface area contributed by atoms with Gasteiger partial charge < -0.3 is 27.9 Å². The van der Waals surface area contributed by atoms with Crippen molar-refractivity contribution in [3.8, 4) is 0 Å². The van der Waals surface area contributed by atoms with Crippen LogP contribution in [-0.2, 0) is 0 Å². The minimum atomic E-state index is -0.333. The Morgan fingerprint density at radius 1 is 1.00 bits per heavy atom. The molecule has 9 heavy (non-hydrogen) atoms. The first kappa shape index (κ1) is 47.6. The first-order chi connectivity index (χ1) is 1.73. The third-order valence-corrected chi connectivity index (χ3v) is 0. The molecule has 0 fully saturated rings. The van der Waals surface area contributed by atoms with Crippen LogP contribution < -0.4 is 11.5 Å². The summed E-state index contributed by atoms with van der Waals surface area (Å²) in [6.07, 6.45) is 0. The van der Waals surface area contributed by atoms with Crippen LogP contribution in [0.3, 0.4) is 0 Å². The van der Waals surface area contributed by atoms with E-state index in [4.69, 9.17) is 5.41 Å². The zero-order chi connectivity index (χ0) is 3.58. The van der Waals surface area contributed by atoms with Crippen LogP contribution in [0.1, 0.15) is 0 Å². The molecule has 6 nitrogen and oxygen atoms in total. The molecular weight excluding hydrogens is 148 g/mol. The first-order valence-electron chi connectivity index (χ1n) is 0.827. The minimum absolute atomic E-state index is 0. The molecule has 0 spiro atoms. The number of hydrogen-bond acceptors (Lipinski definition) is 1. The summed E-state index contributed by atoms with van der Waals surface area (Å²) in [6.45, 7) is 0. The Balaban J connectivity index is -0.00000000450. The molecule has 0 atom stereocenters. The Bertz CT molecular complexity index is 42.0. The van der Waals surface area contributed by atoms with Crippen LogP contribution in [-0.4, -0.2) is 92.6 Å². The summed E-state index contributed by atoms with van der Waals surface area (Å²) in [5.41, 5.74) is 8.94. The summed E-state index contributed by atoms with van der Waals surface area (Å²) in [4.78, 5) is 0. The Labute approximate surface area is 108 Å². The Morgan fingerprint density at radius 3 is 1.00 bits per heavy atom. The number of nitrogens with two attached hydrogens (primary N) is 2. The molecule has 0 radical (unpaired) electrons. The summed E-state index contributed by atoms with van der Waals surface area (Å²) < 4.78 is 0. The molecule has 0 saturated heterocycles. The van der Waals surface area contributed by atoms with Crippen molar-refractivity contribution in [1.82, 2.24) is 0 Å². The van der Waals surface area contributed by atoms with Gasteiger partial charge in [-0.2, -0.15) is 0 Å². The van der Waals surface area contributed by atoms with Gasteiger partial charge in [-0.15, -0.1) is 0 Å². The van der Waals surface area contributed by atoms with Gasteiger partial charge in [0, 0.05) is 0 Å². The van der Waals surface area contributed by atoms with Gasteiger partial charge in [-0.05, 0) is 0 Å². The molecule has 0 heterocycles. The SMILES string of the molecule is N=C(N)N.O.O.O.[KH].[LiH]. The molecule has 11 N–H and O–H groups in total. The molecule has 0 aliphatic carbocycles. The van der Waals surface area contributed by atoms with Crippen molar-refractivity contribution in [1.29, 1.82) is 5.41 Å². The van der Waals surface area contributed by atoms with E-state index >= 15 is 0 Å². The van der Waals surface area contributed by atoms with E-state index in [1.165, 1.54) is 0 Å². The van der Waals surface area contributed by atoms with E-state index in [1.807, 2.05) is 0 Å². The van der Waals surface area contributed by atoms with Crippen LogP contribution in [0.5, 0.6) is 0 Å². The molecular formula is CH13KLiN3O3. The van der Waals surface area contributed by atoms with Crippen molar-refractivity contribution in [2.45, 2.75) is 0 Å². The van der Waals surface area contributed by atoms with Gasteiger partial charge in [0.05, 0.1) is 0 Å². The molecule has 0 amide bonds. The number of hydrogen-bond donors (Lipinski definition) is 3. The monoisotopic (exact) mass is 161 g/mol. The normalized spacial score (nSPS) is 2.67. The number of rotatable bonds is 0. The van der Waals surface area contributed by atoms with Crippen LogP contribution in [0.15, 0.2) is 0 Å². The van der Waals surface area contributed by atoms with Crippen LogP contribution in [0.2, 0.25) is 0 Å². The van der Waals surface area contributed by atoms with E-state index in [0.29, 0.717) is 0 Å². The van der Waals surface area contributed by atoms with E-state index < -0.39 is 0 Å². The van der Waals surface area contributed by atoms with Gasteiger partial charge in [-0.25, -0.2) is 0 Å². The fraction of sp³-hybridized carbons (Fsp3) is 0. The molecule has 0 bridgehead atoms. The predicted octanol–water partition coefficient (Wildman–Crippen LogP) is -4.93.